The Morgan fingerprint density at radius 1 is 1.18 bits per heavy atom. The van der Waals surface area contributed by atoms with Crippen LogP contribution in [0.25, 0.3) is 0 Å². The number of halogens is 2. The molecule has 0 aliphatic carbocycles. The lowest BCUT2D eigenvalue weighted by atomic mass is 10.0. The molecular weight excluding hydrogens is 286 g/mol. The van der Waals surface area contributed by atoms with Gasteiger partial charge in [-0.05, 0) is 64.4 Å². The van der Waals surface area contributed by atoms with Gasteiger partial charge in [0, 0.05) is 18.1 Å². The van der Waals surface area contributed by atoms with Crippen LogP contribution in [0.15, 0.2) is 24.3 Å². The lowest BCUT2D eigenvalue weighted by molar-refractivity contribution is -0.0499. The fraction of sp³-hybridized carbons (Fsp3) is 0.647. The molecule has 1 N–H and O–H groups in total. The summed E-state index contributed by atoms with van der Waals surface area (Å²) in [6.07, 6.45) is 2.24. The number of likely N-dealkylation sites (tertiary alicyclic amines) is 1. The average Bonchev–Trinajstić information content (AvgIpc) is 2.47. The summed E-state index contributed by atoms with van der Waals surface area (Å²) < 4.78 is 29.0. The number of nitrogens with zero attached hydrogens (tertiary/aromatic N) is 1. The molecule has 1 atom stereocenters. The molecular formula is C17H26F2N2O. The molecule has 0 amide bonds. The molecule has 0 spiro atoms. The third-order valence-electron chi connectivity index (χ3n) is 4.33. The van der Waals surface area contributed by atoms with E-state index in [1.165, 1.54) is 0 Å². The van der Waals surface area contributed by atoms with Crippen molar-refractivity contribution < 1.29 is 13.5 Å². The van der Waals surface area contributed by atoms with Gasteiger partial charge in [0.25, 0.3) is 0 Å². The minimum Gasteiger partial charge on any atom is -0.435 e. The molecule has 2 rings (SSSR count). The van der Waals surface area contributed by atoms with Gasteiger partial charge in [-0.15, -0.1) is 0 Å². The zero-order chi connectivity index (χ0) is 16.1. The number of ether oxygens (including phenoxy) is 1. The van der Waals surface area contributed by atoms with Crippen molar-refractivity contribution >= 4 is 0 Å². The lowest BCUT2D eigenvalue weighted by Crippen LogP contribution is -2.45. The van der Waals surface area contributed by atoms with Gasteiger partial charge in [0.1, 0.15) is 5.75 Å². The minimum absolute atomic E-state index is 0.122. The summed E-state index contributed by atoms with van der Waals surface area (Å²) >= 11 is 0. The fourth-order valence-electron chi connectivity index (χ4n) is 2.99. The summed E-state index contributed by atoms with van der Waals surface area (Å²) in [6, 6.07) is 8.14. The van der Waals surface area contributed by atoms with E-state index in [0.29, 0.717) is 12.1 Å². The SMILES string of the molecule is CC(NC1CCN(C(C)C)CC1)c1cccc(OC(F)F)c1. The summed E-state index contributed by atoms with van der Waals surface area (Å²) in [5.74, 6) is 0.218. The Hall–Kier alpha value is -1.20. The largest absolute Gasteiger partial charge is 0.435 e. The molecule has 22 heavy (non-hydrogen) atoms. The molecule has 1 aromatic carbocycles. The monoisotopic (exact) mass is 312 g/mol. The topological polar surface area (TPSA) is 24.5 Å². The maximum absolute atomic E-state index is 12.3. The van der Waals surface area contributed by atoms with E-state index < -0.39 is 6.61 Å². The summed E-state index contributed by atoms with van der Waals surface area (Å²) in [7, 11) is 0. The van der Waals surface area contributed by atoms with E-state index in [4.69, 9.17) is 0 Å². The normalized spacial score (nSPS) is 18.9. The van der Waals surface area contributed by atoms with Gasteiger partial charge in [0.2, 0.25) is 0 Å². The number of rotatable bonds is 6. The van der Waals surface area contributed by atoms with Crippen LogP contribution in [0, 0.1) is 0 Å². The Bertz CT molecular complexity index is 460. The van der Waals surface area contributed by atoms with E-state index in [2.05, 4.69) is 35.7 Å². The standard InChI is InChI=1S/C17H26F2N2O/c1-12(2)21-9-7-15(8-10-21)20-13(3)14-5-4-6-16(11-14)22-17(18)19/h4-6,11-13,15,17,20H,7-10H2,1-3H3. The zero-order valence-electron chi connectivity index (χ0n) is 13.6. The Balaban J connectivity index is 1.88. The van der Waals surface area contributed by atoms with Crippen molar-refractivity contribution in [3.8, 4) is 5.75 Å². The van der Waals surface area contributed by atoms with Crippen LogP contribution in [-0.2, 0) is 0 Å². The second-order valence-electron chi connectivity index (χ2n) is 6.24. The molecule has 5 heteroatoms. The molecule has 3 nitrogen and oxygen atoms in total. The average molecular weight is 312 g/mol. The van der Waals surface area contributed by atoms with Crippen LogP contribution >= 0.6 is 0 Å². The van der Waals surface area contributed by atoms with Gasteiger partial charge >= 0.3 is 6.61 Å². The van der Waals surface area contributed by atoms with Crippen molar-refractivity contribution in [1.82, 2.24) is 10.2 Å². The highest BCUT2D eigenvalue weighted by Crippen LogP contribution is 2.22. The summed E-state index contributed by atoms with van der Waals surface area (Å²) in [6.45, 7) is 5.96. The van der Waals surface area contributed by atoms with Crippen LogP contribution in [0.1, 0.15) is 45.2 Å². The third-order valence-corrected chi connectivity index (χ3v) is 4.33. The summed E-state index contributed by atoms with van der Waals surface area (Å²) in [5, 5.41) is 3.61. The van der Waals surface area contributed by atoms with Gasteiger partial charge in [-0.25, -0.2) is 0 Å². The number of benzene rings is 1. The Morgan fingerprint density at radius 2 is 1.86 bits per heavy atom. The molecule has 1 aromatic rings. The highest BCUT2D eigenvalue weighted by Gasteiger charge is 2.22. The Kier molecular flexibility index (Phi) is 6.15. The first-order valence-electron chi connectivity index (χ1n) is 8.00. The van der Waals surface area contributed by atoms with E-state index in [1.54, 1.807) is 18.2 Å². The molecule has 1 aliphatic heterocycles. The molecule has 0 radical (unpaired) electrons. The van der Waals surface area contributed by atoms with E-state index in [-0.39, 0.29) is 11.8 Å². The lowest BCUT2D eigenvalue weighted by Gasteiger charge is -2.36. The second-order valence-corrected chi connectivity index (χ2v) is 6.24. The molecule has 124 valence electrons. The predicted octanol–water partition coefficient (Wildman–Crippen LogP) is 3.81. The fourth-order valence-corrected chi connectivity index (χ4v) is 2.99. The number of nitrogens with one attached hydrogen (secondary N) is 1. The minimum atomic E-state index is -2.78. The van der Waals surface area contributed by atoms with Gasteiger partial charge in [-0.3, -0.25) is 0 Å². The first kappa shape index (κ1) is 17.2. The van der Waals surface area contributed by atoms with E-state index >= 15 is 0 Å². The molecule has 1 heterocycles. The second kappa shape index (κ2) is 7.88. The summed E-state index contributed by atoms with van der Waals surface area (Å²) in [5.41, 5.74) is 0.976. The Morgan fingerprint density at radius 3 is 2.45 bits per heavy atom. The third kappa shape index (κ3) is 4.92. The van der Waals surface area contributed by atoms with Crippen molar-refractivity contribution in [3.05, 3.63) is 29.8 Å². The number of alkyl halides is 2. The zero-order valence-corrected chi connectivity index (χ0v) is 13.6. The quantitative estimate of drug-likeness (QED) is 0.864. The van der Waals surface area contributed by atoms with Crippen LogP contribution in [0.5, 0.6) is 5.75 Å². The van der Waals surface area contributed by atoms with Crippen molar-refractivity contribution in [1.29, 1.82) is 0 Å². The van der Waals surface area contributed by atoms with Crippen molar-refractivity contribution in [3.63, 3.8) is 0 Å². The van der Waals surface area contributed by atoms with Gasteiger partial charge in [0.15, 0.2) is 0 Å². The smallest absolute Gasteiger partial charge is 0.387 e. The van der Waals surface area contributed by atoms with Gasteiger partial charge in [0.05, 0.1) is 0 Å². The predicted molar refractivity (Wildman–Crippen MR) is 84.4 cm³/mol. The number of hydrogen-bond donors (Lipinski definition) is 1. The maximum Gasteiger partial charge on any atom is 0.387 e. The molecule has 1 unspecified atom stereocenters. The van der Waals surface area contributed by atoms with Crippen molar-refractivity contribution in [2.45, 2.75) is 58.3 Å². The first-order chi connectivity index (χ1) is 10.5. The molecule has 0 bridgehead atoms. The number of hydrogen-bond acceptors (Lipinski definition) is 3. The van der Waals surface area contributed by atoms with Crippen LogP contribution in [0.2, 0.25) is 0 Å². The van der Waals surface area contributed by atoms with Crippen molar-refractivity contribution in [2.24, 2.45) is 0 Å². The van der Waals surface area contributed by atoms with Crippen LogP contribution < -0.4 is 10.1 Å². The highest BCUT2D eigenvalue weighted by molar-refractivity contribution is 5.30. The first-order valence-corrected chi connectivity index (χ1v) is 8.00. The molecule has 1 saturated heterocycles. The van der Waals surface area contributed by atoms with Gasteiger partial charge in [-0.1, -0.05) is 12.1 Å². The van der Waals surface area contributed by atoms with Crippen molar-refractivity contribution in [2.75, 3.05) is 13.1 Å². The Labute approximate surface area is 131 Å². The highest BCUT2D eigenvalue weighted by atomic mass is 19.3. The maximum atomic E-state index is 12.3. The molecule has 1 aliphatic rings. The van der Waals surface area contributed by atoms with Crippen LogP contribution in [0.4, 0.5) is 8.78 Å². The van der Waals surface area contributed by atoms with Gasteiger partial charge in [-0.2, -0.15) is 8.78 Å². The molecule has 0 aromatic heterocycles. The molecule has 1 fully saturated rings. The molecule has 0 saturated carbocycles. The summed E-state index contributed by atoms with van der Waals surface area (Å²) in [4.78, 5) is 2.49. The number of piperidine rings is 1. The van der Waals surface area contributed by atoms with Crippen LogP contribution in [0.3, 0.4) is 0 Å². The van der Waals surface area contributed by atoms with E-state index in [9.17, 15) is 8.78 Å². The van der Waals surface area contributed by atoms with E-state index in [1.807, 2.05) is 6.07 Å². The van der Waals surface area contributed by atoms with Crippen LogP contribution in [-0.4, -0.2) is 36.7 Å². The van der Waals surface area contributed by atoms with Gasteiger partial charge < -0.3 is 15.0 Å². The van der Waals surface area contributed by atoms with E-state index in [0.717, 1.165) is 31.5 Å².